The zero-order valence-corrected chi connectivity index (χ0v) is 8.54. The number of ether oxygens (including phenoxy) is 1. The van der Waals surface area contributed by atoms with Gasteiger partial charge in [-0.3, -0.25) is 4.79 Å². The lowest BCUT2D eigenvalue weighted by atomic mass is 9.96. The molecule has 2 N–H and O–H groups in total. The van der Waals surface area contributed by atoms with Crippen molar-refractivity contribution in [2.75, 3.05) is 0 Å². The second-order valence-electron chi connectivity index (χ2n) is 3.58. The van der Waals surface area contributed by atoms with E-state index in [4.69, 9.17) is 10.5 Å². The number of hydrogen-bond donors (Lipinski definition) is 1. The number of benzene rings is 1. The van der Waals surface area contributed by atoms with E-state index in [2.05, 4.69) is 0 Å². The van der Waals surface area contributed by atoms with E-state index in [1.54, 1.807) is 0 Å². The Balaban J connectivity index is 2.54. The highest BCUT2D eigenvalue weighted by atomic mass is 19.4. The first-order valence-electron chi connectivity index (χ1n) is 4.71. The molecule has 1 heterocycles. The van der Waals surface area contributed by atoms with Gasteiger partial charge in [0, 0.05) is 0 Å². The van der Waals surface area contributed by atoms with Crippen LogP contribution in [-0.4, -0.2) is 5.91 Å². The van der Waals surface area contributed by atoms with Gasteiger partial charge in [-0.25, -0.2) is 0 Å². The Bertz CT molecular complexity index is 506. The molecule has 0 atom stereocenters. The fourth-order valence-corrected chi connectivity index (χ4v) is 1.60. The van der Waals surface area contributed by atoms with Crippen LogP contribution in [0.2, 0.25) is 0 Å². The van der Waals surface area contributed by atoms with Crippen molar-refractivity contribution in [1.82, 2.24) is 0 Å². The van der Waals surface area contributed by atoms with Gasteiger partial charge >= 0.3 is 6.18 Å². The van der Waals surface area contributed by atoms with Gasteiger partial charge in [-0.15, -0.1) is 0 Å². The van der Waals surface area contributed by atoms with Gasteiger partial charge in [0.2, 0.25) is 0 Å². The third-order valence-electron chi connectivity index (χ3n) is 2.43. The predicted molar refractivity (Wildman–Crippen MR) is 53.4 cm³/mol. The monoisotopic (exact) mass is 243 g/mol. The van der Waals surface area contributed by atoms with Crippen molar-refractivity contribution in [3.05, 3.63) is 41.2 Å². The summed E-state index contributed by atoms with van der Waals surface area (Å²) in [6.07, 6.45) is -3.36. The van der Waals surface area contributed by atoms with Gasteiger partial charge < -0.3 is 10.5 Å². The van der Waals surface area contributed by atoms with Crippen molar-refractivity contribution in [2.45, 2.75) is 12.8 Å². The number of halogens is 3. The van der Waals surface area contributed by atoms with Crippen LogP contribution in [0.3, 0.4) is 0 Å². The molecule has 0 saturated carbocycles. The Morgan fingerprint density at radius 1 is 1.35 bits per heavy atom. The second kappa shape index (κ2) is 3.80. The number of primary amides is 1. The minimum atomic E-state index is -4.45. The van der Waals surface area contributed by atoms with Crippen LogP contribution in [0.1, 0.15) is 16.7 Å². The predicted octanol–water partition coefficient (Wildman–Crippen LogP) is 2.06. The molecule has 3 nitrogen and oxygen atoms in total. The molecule has 1 aliphatic rings. The van der Waals surface area contributed by atoms with Gasteiger partial charge in [0.25, 0.3) is 5.91 Å². The molecule has 0 aromatic heterocycles. The maximum absolute atomic E-state index is 12.5. The van der Waals surface area contributed by atoms with E-state index in [0.717, 1.165) is 18.4 Å². The Morgan fingerprint density at radius 3 is 2.65 bits per heavy atom. The summed E-state index contributed by atoms with van der Waals surface area (Å²) in [5, 5.41) is 0. The molecule has 0 radical (unpaired) electrons. The van der Waals surface area contributed by atoms with Gasteiger partial charge in [0.1, 0.15) is 6.61 Å². The number of amides is 1. The SMILES string of the molecule is NC(=O)C1=COCc2ccc(C(F)(F)F)cc21. The summed E-state index contributed by atoms with van der Waals surface area (Å²) in [4.78, 5) is 11.1. The number of hydrogen-bond acceptors (Lipinski definition) is 2. The van der Waals surface area contributed by atoms with E-state index >= 15 is 0 Å². The third-order valence-corrected chi connectivity index (χ3v) is 2.43. The molecule has 17 heavy (non-hydrogen) atoms. The summed E-state index contributed by atoms with van der Waals surface area (Å²) >= 11 is 0. The zero-order chi connectivity index (χ0) is 12.6. The number of carbonyl (C=O) groups excluding carboxylic acids is 1. The minimum Gasteiger partial charge on any atom is -0.496 e. The van der Waals surface area contributed by atoms with Gasteiger partial charge in [0.15, 0.2) is 0 Å². The molecule has 0 unspecified atom stereocenters. The minimum absolute atomic E-state index is 0.0441. The fraction of sp³-hybridized carbons (Fsp3) is 0.182. The first-order chi connectivity index (χ1) is 7.89. The van der Waals surface area contributed by atoms with Crippen molar-refractivity contribution in [3.63, 3.8) is 0 Å². The van der Waals surface area contributed by atoms with Gasteiger partial charge in [-0.05, 0) is 23.3 Å². The summed E-state index contributed by atoms with van der Waals surface area (Å²) in [7, 11) is 0. The first-order valence-corrected chi connectivity index (χ1v) is 4.71. The van der Waals surface area contributed by atoms with Gasteiger partial charge in [-0.1, -0.05) is 6.07 Å². The highest BCUT2D eigenvalue weighted by Crippen LogP contribution is 2.34. The van der Waals surface area contributed by atoms with Crippen molar-refractivity contribution in [1.29, 1.82) is 0 Å². The molecule has 6 heteroatoms. The maximum Gasteiger partial charge on any atom is 0.416 e. The van der Waals surface area contributed by atoms with Crippen LogP contribution < -0.4 is 5.73 Å². The van der Waals surface area contributed by atoms with Crippen LogP contribution >= 0.6 is 0 Å². The lowest BCUT2D eigenvalue weighted by Crippen LogP contribution is -2.18. The summed E-state index contributed by atoms with van der Waals surface area (Å²) in [6, 6.07) is 3.15. The smallest absolute Gasteiger partial charge is 0.416 e. The molecule has 90 valence electrons. The number of nitrogens with two attached hydrogens (primary N) is 1. The number of rotatable bonds is 1. The molecule has 0 bridgehead atoms. The van der Waals surface area contributed by atoms with Crippen molar-refractivity contribution in [3.8, 4) is 0 Å². The quantitative estimate of drug-likeness (QED) is 0.820. The number of fused-ring (bicyclic) bond motifs is 1. The Kier molecular flexibility index (Phi) is 2.57. The topological polar surface area (TPSA) is 52.3 Å². The van der Waals surface area contributed by atoms with Crippen molar-refractivity contribution >= 4 is 11.5 Å². The van der Waals surface area contributed by atoms with Crippen molar-refractivity contribution in [2.24, 2.45) is 5.73 Å². The lowest BCUT2D eigenvalue weighted by molar-refractivity contribution is -0.137. The summed E-state index contributed by atoms with van der Waals surface area (Å²) in [5.74, 6) is -0.815. The molecule has 1 aromatic rings. The van der Waals surface area contributed by atoms with Crippen LogP contribution in [0, 0.1) is 0 Å². The highest BCUT2D eigenvalue weighted by molar-refractivity contribution is 6.19. The Hall–Kier alpha value is -1.98. The Morgan fingerprint density at radius 2 is 2.06 bits per heavy atom. The van der Waals surface area contributed by atoms with E-state index < -0.39 is 17.6 Å². The summed E-state index contributed by atoms with van der Waals surface area (Å²) < 4.78 is 42.5. The van der Waals surface area contributed by atoms with Crippen LogP contribution in [0.5, 0.6) is 0 Å². The number of alkyl halides is 3. The molecular weight excluding hydrogens is 235 g/mol. The van der Waals surface area contributed by atoms with E-state index in [1.807, 2.05) is 0 Å². The Labute approximate surface area is 94.7 Å². The third kappa shape index (κ3) is 2.11. The van der Waals surface area contributed by atoms with Crippen LogP contribution in [0.15, 0.2) is 24.5 Å². The van der Waals surface area contributed by atoms with Gasteiger partial charge in [-0.2, -0.15) is 13.2 Å². The molecule has 1 amide bonds. The normalized spacial score (nSPS) is 14.6. The second-order valence-corrected chi connectivity index (χ2v) is 3.58. The highest BCUT2D eigenvalue weighted by Gasteiger charge is 2.32. The fourth-order valence-electron chi connectivity index (χ4n) is 1.60. The van der Waals surface area contributed by atoms with E-state index in [-0.39, 0.29) is 17.7 Å². The molecule has 0 saturated heterocycles. The molecule has 1 aromatic carbocycles. The van der Waals surface area contributed by atoms with Crippen LogP contribution in [0.4, 0.5) is 13.2 Å². The summed E-state index contributed by atoms with van der Waals surface area (Å²) in [5.41, 5.74) is 4.90. The van der Waals surface area contributed by atoms with Crippen LogP contribution in [-0.2, 0) is 22.3 Å². The molecule has 0 fully saturated rings. The standard InChI is InChI=1S/C11H8F3NO2/c12-11(13,14)7-2-1-6-4-17-5-9(10(15)16)8(6)3-7/h1-3,5H,4H2,(H2,15,16). The number of carbonyl (C=O) groups is 1. The van der Waals surface area contributed by atoms with Crippen molar-refractivity contribution < 1.29 is 22.7 Å². The largest absolute Gasteiger partial charge is 0.496 e. The average molecular weight is 243 g/mol. The first kappa shape index (κ1) is 11.5. The molecule has 0 aliphatic carbocycles. The summed E-state index contributed by atoms with van der Waals surface area (Å²) in [6.45, 7) is 0.129. The molecule has 1 aliphatic heterocycles. The van der Waals surface area contributed by atoms with E-state index in [9.17, 15) is 18.0 Å². The molecule has 0 spiro atoms. The van der Waals surface area contributed by atoms with E-state index in [0.29, 0.717) is 5.56 Å². The molecule has 2 rings (SSSR count). The zero-order valence-electron chi connectivity index (χ0n) is 8.54. The molecular formula is C11H8F3NO2. The van der Waals surface area contributed by atoms with Crippen LogP contribution in [0.25, 0.3) is 5.57 Å². The lowest BCUT2D eigenvalue weighted by Gasteiger charge is -2.18. The maximum atomic E-state index is 12.5. The van der Waals surface area contributed by atoms with E-state index in [1.165, 1.54) is 6.07 Å². The average Bonchev–Trinajstić information content (AvgIpc) is 2.26. The van der Waals surface area contributed by atoms with Gasteiger partial charge in [0.05, 0.1) is 17.4 Å².